The first-order valence-electron chi connectivity index (χ1n) is 6.38. The fraction of sp³-hybridized carbons (Fsp3) is 0.357. The topological polar surface area (TPSA) is 58.4 Å². The maximum absolute atomic E-state index is 13.7. The summed E-state index contributed by atoms with van der Waals surface area (Å²) in [7, 11) is 0. The van der Waals surface area contributed by atoms with Crippen LogP contribution in [0.3, 0.4) is 0 Å². The highest BCUT2D eigenvalue weighted by atomic mass is 19.1. The van der Waals surface area contributed by atoms with Crippen LogP contribution in [0, 0.1) is 5.82 Å². The van der Waals surface area contributed by atoms with Gasteiger partial charge in [0.1, 0.15) is 5.82 Å². The van der Waals surface area contributed by atoms with E-state index in [1.807, 2.05) is 6.07 Å². The van der Waals surface area contributed by atoms with Crippen molar-refractivity contribution in [2.24, 2.45) is 5.73 Å². The first-order chi connectivity index (χ1) is 9.16. The number of nitrogens with zero attached hydrogens (tertiary/aromatic N) is 1. The summed E-state index contributed by atoms with van der Waals surface area (Å²) in [5.74, 6) is -0.230. The number of halogens is 1. The van der Waals surface area contributed by atoms with Crippen LogP contribution < -0.4 is 11.1 Å². The van der Waals surface area contributed by atoms with Crippen LogP contribution in [0.15, 0.2) is 35.4 Å². The number of carbonyl (C=O) groups excluding carboxylic acids is 1. The lowest BCUT2D eigenvalue weighted by molar-refractivity contribution is 0.203. The summed E-state index contributed by atoms with van der Waals surface area (Å²) in [6, 6.07) is 6.14. The monoisotopic (exact) mass is 261 g/mol. The molecule has 0 spiro atoms. The number of carbonyl (C=O) groups is 1. The van der Waals surface area contributed by atoms with Crippen molar-refractivity contribution in [1.29, 1.82) is 0 Å². The Morgan fingerprint density at radius 3 is 2.95 bits per heavy atom. The summed E-state index contributed by atoms with van der Waals surface area (Å²) in [6.45, 7) is 2.13. The smallest absolute Gasteiger partial charge is 0.315 e. The van der Waals surface area contributed by atoms with Gasteiger partial charge < -0.3 is 16.0 Å². The molecule has 2 heterocycles. The Kier molecular flexibility index (Phi) is 2.98. The molecular weight excluding hydrogens is 245 g/mol. The second-order valence-corrected chi connectivity index (χ2v) is 5.01. The number of hydrogen-bond acceptors (Lipinski definition) is 2. The van der Waals surface area contributed by atoms with Crippen molar-refractivity contribution >= 4 is 6.03 Å². The summed E-state index contributed by atoms with van der Waals surface area (Å²) in [5, 5.41) is 3.27. The number of urea groups is 1. The number of nitrogens with two attached hydrogens (primary N) is 1. The lowest BCUT2D eigenvalue weighted by Gasteiger charge is -2.26. The molecule has 5 heteroatoms. The third kappa shape index (κ3) is 2.10. The van der Waals surface area contributed by atoms with Gasteiger partial charge in [-0.3, -0.25) is 0 Å². The molecule has 4 nitrogen and oxygen atoms in total. The Balaban J connectivity index is 1.88. The summed E-state index contributed by atoms with van der Waals surface area (Å²) in [4.78, 5) is 13.2. The van der Waals surface area contributed by atoms with E-state index in [1.54, 1.807) is 17.0 Å². The normalized spacial score (nSPS) is 21.9. The summed E-state index contributed by atoms with van der Waals surface area (Å²) in [6.07, 6.45) is 0.482. The van der Waals surface area contributed by atoms with Gasteiger partial charge in [0.05, 0.1) is 6.04 Å². The van der Waals surface area contributed by atoms with Gasteiger partial charge in [0.15, 0.2) is 0 Å². The van der Waals surface area contributed by atoms with E-state index in [1.165, 1.54) is 17.2 Å². The van der Waals surface area contributed by atoms with Gasteiger partial charge in [0.2, 0.25) is 0 Å². The van der Waals surface area contributed by atoms with Gasteiger partial charge in [-0.25, -0.2) is 9.18 Å². The van der Waals surface area contributed by atoms with Crippen molar-refractivity contribution in [2.45, 2.75) is 12.5 Å². The molecule has 2 aliphatic rings. The van der Waals surface area contributed by atoms with E-state index in [0.29, 0.717) is 18.5 Å². The third-order valence-electron chi connectivity index (χ3n) is 3.90. The SMILES string of the molecule is NC(=O)N1CC2=C(CNC2)C1Cc1ccccc1F. The van der Waals surface area contributed by atoms with E-state index in [2.05, 4.69) is 5.32 Å². The average Bonchev–Trinajstić information content (AvgIpc) is 2.94. The van der Waals surface area contributed by atoms with Crippen molar-refractivity contribution in [1.82, 2.24) is 10.2 Å². The molecule has 0 aliphatic carbocycles. The zero-order valence-corrected chi connectivity index (χ0v) is 10.5. The fourth-order valence-electron chi connectivity index (χ4n) is 2.94. The minimum absolute atomic E-state index is 0.112. The maximum Gasteiger partial charge on any atom is 0.315 e. The number of rotatable bonds is 2. The van der Waals surface area contributed by atoms with Crippen molar-refractivity contribution < 1.29 is 9.18 Å². The number of amides is 2. The minimum Gasteiger partial charge on any atom is -0.351 e. The van der Waals surface area contributed by atoms with Gasteiger partial charge in [-0.1, -0.05) is 18.2 Å². The molecule has 1 aromatic carbocycles. The first-order valence-corrected chi connectivity index (χ1v) is 6.38. The predicted octanol–water partition coefficient (Wildman–Crippen LogP) is 1.03. The number of nitrogens with one attached hydrogen (secondary N) is 1. The van der Waals surface area contributed by atoms with Crippen LogP contribution in [0.25, 0.3) is 0 Å². The van der Waals surface area contributed by atoms with E-state index in [4.69, 9.17) is 5.73 Å². The molecule has 1 aromatic rings. The van der Waals surface area contributed by atoms with Crippen LogP contribution >= 0.6 is 0 Å². The molecule has 0 saturated carbocycles. The second kappa shape index (κ2) is 4.66. The lowest BCUT2D eigenvalue weighted by atomic mass is 9.99. The molecule has 0 fully saturated rings. The summed E-state index contributed by atoms with van der Waals surface area (Å²) in [5.41, 5.74) is 8.47. The van der Waals surface area contributed by atoms with Crippen LogP contribution in [0.4, 0.5) is 9.18 Å². The summed E-state index contributed by atoms with van der Waals surface area (Å²) >= 11 is 0. The highest BCUT2D eigenvalue weighted by Gasteiger charge is 2.36. The highest BCUT2D eigenvalue weighted by Crippen LogP contribution is 2.29. The molecule has 0 saturated heterocycles. The van der Waals surface area contributed by atoms with Crippen molar-refractivity contribution in [3.05, 3.63) is 46.8 Å². The average molecular weight is 261 g/mol. The number of primary amides is 1. The molecule has 2 aliphatic heterocycles. The zero-order chi connectivity index (χ0) is 13.4. The largest absolute Gasteiger partial charge is 0.351 e. The number of benzene rings is 1. The van der Waals surface area contributed by atoms with Crippen LogP contribution in [-0.2, 0) is 6.42 Å². The predicted molar refractivity (Wildman–Crippen MR) is 70.1 cm³/mol. The van der Waals surface area contributed by atoms with Crippen molar-refractivity contribution in [2.75, 3.05) is 19.6 Å². The summed E-state index contributed by atoms with van der Waals surface area (Å²) < 4.78 is 13.7. The molecule has 3 N–H and O–H groups in total. The minimum atomic E-state index is -0.435. The van der Waals surface area contributed by atoms with Crippen LogP contribution in [0.5, 0.6) is 0 Å². The zero-order valence-electron chi connectivity index (χ0n) is 10.5. The van der Waals surface area contributed by atoms with Crippen LogP contribution in [-0.4, -0.2) is 36.6 Å². The van der Waals surface area contributed by atoms with Gasteiger partial charge in [0, 0.05) is 19.6 Å². The highest BCUT2D eigenvalue weighted by molar-refractivity contribution is 5.74. The second-order valence-electron chi connectivity index (χ2n) is 5.01. The van der Waals surface area contributed by atoms with Crippen LogP contribution in [0.2, 0.25) is 0 Å². The molecule has 19 heavy (non-hydrogen) atoms. The Hall–Kier alpha value is -1.88. The van der Waals surface area contributed by atoms with Crippen LogP contribution in [0.1, 0.15) is 5.56 Å². The van der Waals surface area contributed by atoms with E-state index < -0.39 is 6.03 Å². The van der Waals surface area contributed by atoms with Gasteiger partial charge in [0.25, 0.3) is 0 Å². The quantitative estimate of drug-likeness (QED) is 0.781. The Morgan fingerprint density at radius 2 is 2.21 bits per heavy atom. The van der Waals surface area contributed by atoms with E-state index in [0.717, 1.165) is 13.1 Å². The maximum atomic E-state index is 13.7. The third-order valence-corrected chi connectivity index (χ3v) is 3.90. The molecule has 0 radical (unpaired) electrons. The standard InChI is InChI=1S/C14H16FN3O/c15-12-4-2-1-3-9(12)5-13-11-7-17-6-10(11)8-18(13)14(16)19/h1-4,13,17H,5-8H2,(H2,16,19). The van der Waals surface area contributed by atoms with E-state index in [9.17, 15) is 9.18 Å². The Bertz CT molecular complexity index is 555. The van der Waals surface area contributed by atoms with Crippen molar-refractivity contribution in [3.8, 4) is 0 Å². The van der Waals surface area contributed by atoms with Gasteiger partial charge in [-0.2, -0.15) is 0 Å². The van der Waals surface area contributed by atoms with Gasteiger partial charge >= 0.3 is 6.03 Å². The van der Waals surface area contributed by atoms with E-state index >= 15 is 0 Å². The van der Waals surface area contributed by atoms with Gasteiger partial charge in [-0.15, -0.1) is 0 Å². The van der Waals surface area contributed by atoms with Crippen molar-refractivity contribution in [3.63, 3.8) is 0 Å². The molecule has 1 unspecified atom stereocenters. The fourth-order valence-corrected chi connectivity index (χ4v) is 2.94. The molecule has 3 rings (SSSR count). The molecule has 0 bridgehead atoms. The molecule has 100 valence electrons. The Morgan fingerprint density at radius 1 is 1.42 bits per heavy atom. The molecule has 2 amide bonds. The lowest BCUT2D eigenvalue weighted by Crippen LogP contribution is -2.44. The molecule has 0 aromatic heterocycles. The van der Waals surface area contributed by atoms with Gasteiger partial charge in [-0.05, 0) is 29.2 Å². The van der Waals surface area contributed by atoms with E-state index in [-0.39, 0.29) is 11.9 Å². The first kappa shape index (κ1) is 12.2. The Labute approximate surface area is 111 Å². The number of hydrogen-bond donors (Lipinski definition) is 2. The molecular formula is C14H16FN3O. The molecule has 1 atom stereocenters.